The second-order valence-electron chi connectivity index (χ2n) is 7.47. The van der Waals surface area contributed by atoms with E-state index in [9.17, 15) is 4.79 Å². The van der Waals surface area contributed by atoms with E-state index in [1.54, 1.807) is 7.11 Å². The average molecular weight is 325 g/mol. The maximum absolute atomic E-state index is 12.4. The van der Waals surface area contributed by atoms with E-state index >= 15 is 0 Å². The lowest BCUT2D eigenvalue weighted by molar-refractivity contribution is -0.124. The Morgan fingerprint density at radius 2 is 1.96 bits per heavy atom. The molecule has 1 saturated heterocycles. The first-order chi connectivity index (χ1) is 11.2. The minimum Gasteiger partial charge on any atom is -0.385 e. The van der Waals surface area contributed by atoms with Crippen molar-refractivity contribution in [1.29, 1.82) is 0 Å². The Morgan fingerprint density at radius 1 is 1.26 bits per heavy atom. The van der Waals surface area contributed by atoms with Crippen LogP contribution in [0, 0.1) is 5.41 Å². The van der Waals surface area contributed by atoms with E-state index in [1.807, 2.05) is 0 Å². The van der Waals surface area contributed by atoms with E-state index in [1.165, 1.54) is 19.3 Å². The van der Waals surface area contributed by atoms with Crippen molar-refractivity contribution in [3.63, 3.8) is 0 Å². The molecule has 0 atom stereocenters. The molecule has 0 bridgehead atoms. The summed E-state index contributed by atoms with van der Waals surface area (Å²) in [4.78, 5) is 14.9. The fourth-order valence-corrected chi connectivity index (χ4v) is 4.11. The molecule has 23 heavy (non-hydrogen) atoms. The Labute approximate surface area is 141 Å². The van der Waals surface area contributed by atoms with Crippen molar-refractivity contribution < 1.29 is 9.53 Å². The largest absolute Gasteiger partial charge is 0.385 e. The van der Waals surface area contributed by atoms with Gasteiger partial charge in [0, 0.05) is 45.8 Å². The molecular weight excluding hydrogens is 290 g/mol. The van der Waals surface area contributed by atoms with Crippen LogP contribution in [0.3, 0.4) is 0 Å². The number of likely N-dealkylation sites (tertiary alicyclic amines) is 1. The quantitative estimate of drug-likeness (QED) is 0.669. The number of nitrogens with one attached hydrogen (secondary N) is 1. The van der Waals surface area contributed by atoms with Crippen molar-refractivity contribution in [3.8, 4) is 0 Å². The van der Waals surface area contributed by atoms with E-state index in [-0.39, 0.29) is 11.3 Å². The van der Waals surface area contributed by atoms with Gasteiger partial charge >= 0.3 is 0 Å². The summed E-state index contributed by atoms with van der Waals surface area (Å²) >= 11 is 0. The summed E-state index contributed by atoms with van der Waals surface area (Å²) in [7, 11) is 1.75. The second-order valence-corrected chi connectivity index (χ2v) is 7.47. The van der Waals surface area contributed by atoms with Crippen LogP contribution >= 0.6 is 0 Å². The normalized spacial score (nSPS) is 22.9. The molecule has 2 rings (SSSR count). The zero-order valence-electron chi connectivity index (χ0n) is 14.8. The number of hydrogen-bond acceptors (Lipinski definition) is 4. The molecule has 5 heteroatoms. The lowest BCUT2D eigenvalue weighted by Crippen LogP contribution is -2.47. The van der Waals surface area contributed by atoms with Crippen LogP contribution in [0.15, 0.2) is 0 Å². The predicted octanol–water partition coefficient (Wildman–Crippen LogP) is 1.90. The van der Waals surface area contributed by atoms with Crippen LogP contribution in [0.1, 0.15) is 57.8 Å². The lowest BCUT2D eigenvalue weighted by Gasteiger charge is -2.37. The molecule has 134 valence electrons. The Kier molecular flexibility index (Phi) is 7.80. The fourth-order valence-electron chi connectivity index (χ4n) is 4.11. The minimum absolute atomic E-state index is 0.0726. The first-order valence-electron chi connectivity index (χ1n) is 9.38. The van der Waals surface area contributed by atoms with Gasteiger partial charge in [-0.2, -0.15) is 0 Å². The smallest absolute Gasteiger partial charge is 0.220 e. The highest BCUT2D eigenvalue weighted by Crippen LogP contribution is 2.38. The maximum atomic E-state index is 12.4. The first-order valence-corrected chi connectivity index (χ1v) is 9.38. The van der Waals surface area contributed by atoms with Crippen LogP contribution in [0.2, 0.25) is 0 Å². The summed E-state index contributed by atoms with van der Waals surface area (Å²) in [5.41, 5.74) is 6.07. The van der Waals surface area contributed by atoms with E-state index in [2.05, 4.69) is 10.2 Å². The van der Waals surface area contributed by atoms with Gasteiger partial charge in [0.05, 0.1) is 0 Å². The van der Waals surface area contributed by atoms with Gasteiger partial charge in [-0.25, -0.2) is 0 Å². The molecule has 5 nitrogen and oxygen atoms in total. The lowest BCUT2D eigenvalue weighted by atomic mass is 9.71. The van der Waals surface area contributed by atoms with Crippen LogP contribution in [0.25, 0.3) is 0 Å². The van der Waals surface area contributed by atoms with Crippen molar-refractivity contribution in [2.24, 2.45) is 11.1 Å². The van der Waals surface area contributed by atoms with E-state index in [0.717, 1.165) is 58.3 Å². The summed E-state index contributed by atoms with van der Waals surface area (Å²) in [6.07, 6.45) is 9.83. The summed E-state index contributed by atoms with van der Waals surface area (Å²) in [5, 5.41) is 3.27. The topological polar surface area (TPSA) is 67.6 Å². The molecule has 2 fully saturated rings. The van der Waals surface area contributed by atoms with E-state index in [4.69, 9.17) is 10.5 Å². The molecule has 1 heterocycles. The molecular formula is C18H35N3O2. The molecule has 0 aromatic rings. The third kappa shape index (κ3) is 6.05. The van der Waals surface area contributed by atoms with Gasteiger partial charge in [0.15, 0.2) is 0 Å². The number of hydrogen-bond donors (Lipinski definition) is 2. The Hall–Kier alpha value is -0.650. The van der Waals surface area contributed by atoms with Crippen molar-refractivity contribution in [2.75, 3.05) is 39.9 Å². The van der Waals surface area contributed by atoms with E-state index < -0.39 is 0 Å². The monoisotopic (exact) mass is 325 g/mol. The zero-order chi connectivity index (χ0) is 16.5. The van der Waals surface area contributed by atoms with Gasteiger partial charge in [0.25, 0.3) is 0 Å². The zero-order valence-corrected chi connectivity index (χ0v) is 14.8. The van der Waals surface area contributed by atoms with Gasteiger partial charge in [-0.3, -0.25) is 4.79 Å². The number of nitrogens with zero attached hydrogens (tertiary/aromatic N) is 1. The molecule has 0 radical (unpaired) electrons. The number of piperidine rings is 1. The molecule has 3 N–H and O–H groups in total. The number of carbonyl (C=O) groups is 1. The predicted molar refractivity (Wildman–Crippen MR) is 93.3 cm³/mol. The van der Waals surface area contributed by atoms with Gasteiger partial charge in [-0.15, -0.1) is 0 Å². The van der Waals surface area contributed by atoms with E-state index in [0.29, 0.717) is 19.0 Å². The van der Waals surface area contributed by atoms with Gasteiger partial charge in [-0.1, -0.05) is 19.3 Å². The second kappa shape index (κ2) is 9.60. The third-order valence-corrected chi connectivity index (χ3v) is 5.66. The Morgan fingerprint density at radius 3 is 2.57 bits per heavy atom. The summed E-state index contributed by atoms with van der Waals surface area (Å²) in [5.74, 6) is 0.218. The molecule has 1 saturated carbocycles. The number of rotatable bonds is 8. The minimum atomic E-state index is 0.0726. The number of nitrogens with two attached hydrogens (primary N) is 1. The maximum Gasteiger partial charge on any atom is 0.220 e. The summed E-state index contributed by atoms with van der Waals surface area (Å²) in [6, 6.07) is 0.347. The van der Waals surface area contributed by atoms with Crippen molar-refractivity contribution in [1.82, 2.24) is 10.2 Å². The fraction of sp³-hybridized carbons (Fsp3) is 0.944. The molecule has 0 aromatic carbocycles. The standard InChI is InChI=1S/C18H35N3O2/c1-23-13-5-10-21-11-6-16(7-12-21)20-17(22)14-18(15-19)8-3-2-4-9-18/h16H,2-15,19H2,1H3,(H,20,22). The van der Waals surface area contributed by atoms with Gasteiger partial charge in [-0.05, 0) is 44.1 Å². The molecule has 1 aliphatic heterocycles. The Balaban J connectivity index is 1.68. The highest BCUT2D eigenvalue weighted by atomic mass is 16.5. The van der Waals surface area contributed by atoms with Gasteiger partial charge in [0.2, 0.25) is 5.91 Å². The Bertz CT molecular complexity index is 348. The van der Waals surface area contributed by atoms with Crippen LogP contribution < -0.4 is 11.1 Å². The van der Waals surface area contributed by atoms with Crippen molar-refractivity contribution in [3.05, 3.63) is 0 Å². The van der Waals surface area contributed by atoms with Crippen LogP contribution in [0.5, 0.6) is 0 Å². The van der Waals surface area contributed by atoms with Gasteiger partial charge < -0.3 is 20.7 Å². The van der Waals surface area contributed by atoms with Crippen molar-refractivity contribution >= 4 is 5.91 Å². The molecule has 1 amide bonds. The highest BCUT2D eigenvalue weighted by molar-refractivity contribution is 5.77. The SMILES string of the molecule is COCCCN1CCC(NC(=O)CC2(CN)CCCCC2)CC1. The molecule has 2 aliphatic rings. The van der Waals surface area contributed by atoms with Crippen LogP contribution in [-0.4, -0.2) is 56.7 Å². The molecule has 0 unspecified atom stereocenters. The first kappa shape index (κ1) is 18.7. The van der Waals surface area contributed by atoms with Gasteiger partial charge in [0.1, 0.15) is 0 Å². The van der Waals surface area contributed by atoms with Crippen LogP contribution in [-0.2, 0) is 9.53 Å². The van der Waals surface area contributed by atoms with Crippen LogP contribution in [0.4, 0.5) is 0 Å². The summed E-state index contributed by atoms with van der Waals surface area (Å²) < 4.78 is 5.10. The molecule has 0 spiro atoms. The molecule has 0 aromatic heterocycles. The molecule has 1 aliphatic carbocycles. The summed E-state index contributed by atoms with van der Waals surface area (Å²) in [6.45, 7) is 4.74. The number of carbonyl (C=O) groups excluding carboxylic acids is 1. The number of amides is 1. The number of ether oxygens (including phenoxy) is 1. The average Bonchev–Trinajstić information content (AvgIpc) is 2.57. The number of methoxy groups -OCH3 is 1. The third-order valence-electron chi connectivity index (χ3n) is 5.66. The highest BCUT2D eigenvalue weighted by Gasteiger charge is 2.33. The van der Waals surface area contributed by atoms with Crippen molar-refractivity contribution in [2.45, 2.75) is 63.8 Å².